The molecule has 0 fully saturated rings. The van der Waals surface area contributed by atoms with E-state index in [0.29, 0.717) is 5.75 Å². The van der Waals surface area contributed by atoms with Gasteiger partial charge in [-0.2, -0.15) is 0 Å². The Labute approximate surface area is 113 Å². The van der Waals surface area contributed by atoms with Crippen LogP contribution in [0.1, 0.15) is 23.6 Å². The summed E-state index contributed by atoms with van der Waals surface area (Å²) in [6.07, 6.45) is 2.69. The molecule has 0 radical (unpaired) electrons. The van der Waals surface area contributed by atoms with E-state index in [1.54, 1.807) is 0 Å². The summed E-state index contributed by atoms with van der Waals surface area (Å²) >= 11 is 0. The molecule has 96 valence electrons. The molecule has 0 aromatic heterocycles. The fraction of sp³-hybridized carbons (Fsp3) is 0.118. The number of esters is 1. The Balaban J connectivity index is 2.05. The highest BCUT2D eigenvalue weighted by molar-refractivity contribution is 5.69. The molecule has 2 rings (SSSR count). The zero-order chi connectivity index (χ0) is 13.7. The minimum atomic E-state index is -0.298. The number of hydrogen-bond acceptors (Lipinski definition) is 2. The maximum absolute atomic E-state index is 10.8. The highest BCUT2D eigenvalue weighted by Crippen LogP contribution is 2.16. The molecule has 0 unspecified atom stereocenters. The molecule has 0 N–H and O–H groups in total. The van der Waals surface area contributed by atoms with Crippen molar-refractivity contribution in [2.75, 3.05) is 0 Å². The first-order chi connectivity index (χ1) is 9.17. The van der Waals surface area contributed by atoms with Crippen LogP contribution in [0.25, 0.3) is 6.08 Å². The van der Waals surface area contributed by atoms with Gasteiger partial charge in [-0.15, -0.1) is 0 Å². The second kappa shape index (κ2) is 6.01. The summed E-state index contributed by atoms with van der Waals surface area (Å²) in [5.74, 6) is 0.283. The average Bonchev–Trinajstić information content (AvgIpc) is 2.41. The van der Waals surface area contributed by atoms with Crippen molar-refractivity contribution in [1.29, 1.82) is 0 Å². The summed E-state index contributed by atoms with van der Waals surface area (Å²) < 4.78 is 5.00. The van der Waals surface area contributed by atoms with E-state index in [2.05, 4.69) is 30.8 Å². The number of carbonyl (C=O) groups excluding carboxylic acids is 1. The van der Waals surface area contributed by atoms with E-state index in [0.717, 1.165) is 12.0 Å². The van der Waals surface area contributed by atoms with Crippen LogP contribution in [0.2, 0.25) is 0 Å². The molecule has 19 heavy (non-hydrogen) atoms. The fourth-order valence-electron chi connectivity index (χ4n) is 1.85. The third-order valence-corrected chi connectivity index (χ3v) is 2.81. The van der Waals surface area contributed by atoms with Gasteiger partial charge in [-0.3, -0.25) is 4.79 Å². The Morgan fingerprint density at radius 1 is 1.05 bits per heavy atom. The lowest BCUT2D eigenvalue weighted by molar-refractivity contribution is -0.131. The van der Waals surface area contributed by atoms with Crippen molar-refractivity contribution in [2.45, 2.75) is 13.3 Å². The highest BCUT2D eigenvalue weighted by Gasteiger charge is 2.00. The molecule has 0 aliphatic carbocycles. The maximum atomic E-state index is 10.8. The number of hydrogen-bond donors (Lipinski definition) is 0. The first kappa shape index (κ1) is 13.1. The number of carbonyl (C=O) groups is 1. The van der Waals surface area contributed by atoms with Gasteiger partial charge in [0, 0.05) is 6.92 Å². The Bertz CT molecular complexity index is 565. The molecule has 2 aromatic rings. The largest absolute Gasteiger partial charge is 0.427 e. The van der Waals surface area contributed by atoms with Crippen LogP contribution in [-0.4, -0.2) is 5.97 Å². The van der Waals surface area contributed by atoms with E-state index < -0.39 is 0 Å². The molecule has 0 aliphatic rings. The standard InChI is InChI=1S/C17H16O2/c1-3-14-4-6-15(7-5-14)12-16-8-10-17(11-9-16)19-13(2)18/h3-11H,1,12H2,2H3. The summed E-state index contributed by atoms with van der Waals surface area (Å²) in [5, 5.41) is 0. The Morgan fingerprint density at radius 2 is 1.58 bits per heavy atom. The molecule has 0 spiro atoms. The maximum Gasteiger partial charge on any atom is 0.308 e. The SMILES string of the molecule is C=Cc1ccc(Cc2ccc(OC(C)=O)cc2)cc1. The molecular formula is C17H16O2. The molecule has 0 heterocycles. The van der Waals surface area contributed by atoms with Gasteiger partial charge < -0.3 is 4.74 Å². The lowest BCUT2D eigenvalue weighted by Gasteiger charge is -2.05. The van der Waals surface area contributed by atoms with Crippen molar-refractivity contribution in [1.82, 2.24) is 0 Å². The van der Waals surface area contributed by atoms with Gasteiger partial charge in [0.1, 0.15) is 5.75 Å². The van der Waals surface area contributed by atoms with Crippen LogP contribution in [0.3, 0.4) is 0 Å². The lowest BCUT2D eigenvalue weighted by atomic mass is 10.0. The second-order valence-corrected chi connectivity index (χ2v) is 4.36. The van der Waals surface area contributed by atoms with Crippen LogP contribution >= 0.6 is 0 Å². The van der Waals surface area contributed by atoms with Gasteiger partial charge in [-0.05, 0) is 35.2 Å². The first-order valence-corrected chi connectivity index (χ1v) is 6.16. The normalized spacial score (nSPS) is 9.95. The van der Waals surface area contributed by atoms with Crippen LogP contribution in [-0.2, 0) is 11.2 Å². The molecule has 0 aliphatic heterocycles. The van der Waals surface area contributed by atoms with Gasteiger partial charge in [-0.1, -0.05) is 49.1 Å². The van der Waals surface area contributed by atoms with Crippen molar-refractivity contribution in [3.63, 3.8) is 0 Å². The molecule has 0 saturated heterocycles. The van der Waals surface area contributed by atoms with Crippen molar-refractivity contribution in [2.24, 2.45) is 0 Å². The van der Waals surface area contributed by atoms with E-state index in [4.69, 9.17) is 4.74 Å². The monoisotopic (exact) mass is 252 g/mol. The molecule has 2 nitrogen and oxygen atoms in total. The molecule has 2 heteroatoms. The van der Waals surface area contributed by atoms with Crippen molar-refractivity contribution < 1.29 is 9.53 Å². The zero-order valence-electron chi connectivity index (χ0n) is 10.9. The van der Waals surface area contributed by atoms with Crippen LogP contribution in [0, 0.1) is 0 Å². The molecule has 0 atom stereocenters. The Hall–Kier alpha value is -2.35. The number of benzene rings is 2. The molecule has 2 aromatic carbocycles. The smallest absolute Gasteiger partial charge is 0.308 e. The number of ether oxygens (including phenoxy) is 1. The topological polar surface area (TPSA) is 26.3 Å². The fourth-order valence-corrected chi connectivity index (χ4v) is 1.85. The minimum absolute atomic E-state index is 0.298. The van der Waals surface area contributed by atoms with Crippen LogP contribution < -0.4 is 4.74 Å². The van der Waals surface area contributed by atoms with Gasteiger partial charge in [0.25, 0.3) is 0 Å². The van der Waals surface area contributed by atoms with Gasteiger partial charge in [0.05, 0.1) is 0 Å². The molecule has 0 bridgehead atoms. The molecular weight excluding hydrogens is 236 g/mol. The quantitative estimate of drug-likeness (QED) is 0.610. The summed E-state index contributed by atoms with van der Waals surface area (Å²) in [6, 6.07) is 15.9. The van der Waals surface area contributed by atoms with Gasteiger partial charge in [-0.25, -0.2) is 0 Å². The predicted molar refractivity (Wildman–Crippen MR) is 77.1 cm³/mol. The predicted octanol–water partition coefficient (Wildman–Crippen LogP) is 3.85. The third kappa shape index (κ3) is 3.81. The Morgan fingerprint density at radius 3 is 2.05 bits per heavy atom. The van der Waals surface area contributed by atoms with E-state index >= 15 is 0 Å². The van der Waals surface area contributed by atoms with Crippen LogP contribution in [0.5, 0.6) is 5.75 Å². The first-order valence-electron chi connectivity index (χ1n) is 6.16. The van der Waals surface area contributed by atoms with Crippen molar-refractivity contribution in [3.8, 4) is 5.75 Å². The zero-order valence-corrected chi connectivity index (χ0v) is 10.9. The van der Waals surface area contributed by atoms with Gasteiger partial charge >= 0.3 is 5.97 Å². The Kier molecular flexibility index (Phi) is 4.14. The van der Waals surface area contributed by atoms with Crippen molar-refractivity contribution in [3.05, 3.63) is 71.8 Å². The van der Waals surface area contributed by atoms with Crippen LogP contribution in [0.15, 0.2) is 55.1 Å². The summed E-state index contributed by atoms with van der Waals surface area (Å²) in [7, 11) is 0. The third-order valence-electron chi connectivity index (χ3n) is 2.81. The number of rotatable bonds is 4. The average molecular weight is 252 g/mol. The van der Waals surface area contributed by atoms with E-state index in [1.807, 2.05) is 30.3 Å². The minimum Gasteiger partial charge on any atom is -0.427 e. The molecule has 0 saturated carbocycles. The summed E-state index contributed by atoms with van der Waals surface area (Å²) in [5.41, 5.74) is 3.54. The van der Waals surface area contributed by atoms with E-state index in [9.17, 15) is 4.79 Å². The molecule has 0 amide bonds. The van der Waals surface area contributed by atoms with Crippen LogP contribution in [0.4, 0.5) is 0 Å². The van der Waals surface area contributed by atoms with E-state index in [-0.39, 0.29) is 5.97 Å². The van der Waals surface area contributed by atoms with Crippen molar-refractivity contribution >= 4 is 12.0 Å². The lowest BCUT2D eigenvalue weighted by Crippen LogP contribution is -2.01. The van der Waals surface area contributed by atoms with Gasteiger partial charge in [0.15, 0.2) is 0 Å². The highest BCUT2D eigenvalue weighted by atomic mass is 16.5. The van der Waals surface area contributed by atoms with E-state index in [1.165, 1.54) is 18.1 Å². The summed E-state index contributed by atoms with van der Waals surface area (Å²) in [4.78, 5) is 10.8. The van der Waals surface area contributed by atoms with Gasteiger partial charge in [0.2, 0.25) is 0 Å². The second-order valence-electron chi connectivity index (χ2n) is 4.36. The summed E-state index contributed by atoms with van der Waals surface area (Å²) in [6.45, 7) is 5.13.